The smallest absolute Gasteiger partial charge is 0.341 e. The van der Waals surface area contributed by atoms with Gasteiger partial charge >= 0.3 is 5.97 Å². The molecular formula is C20H22ClNO4S. The number of anilines is 1. The van der Waals surface area contributed by atoms with Crippen molar-refractivity contribution in [2.45, 2.75) is 39.0 Å². The van der Waals surface area contributed by atoms with Crippen molar-refractivity contribution in [2.24, 2.45) is 0 Å². The van der Waals surface area contributed by atoms with E-state index in [2.05, 4.69) is 12.2 Å². The predicted octanol–water partition coefficient (Wildman–Crippen LogP) is 5.04. The lowest BCUT2D eigenvalue weighted by Crippen LogP contribution is -2.21. The number of ether oxygens (including phenoxy) is 2. The third-order valence-electron chi connectivity index (χ3n) is 4.45. The minimum Gasteiger partial charge on any atom is -0.484 e. The lowest BCUT2D eigenvalue weighted by Gasteiger charge is -2.19. The molecule has 1 aromatic heterocycles. The molecule has 0 spiro atoms. The monoisotopic (exact) mass is 407 g/mol. The molecule has 27 heavy (non-hydrogen) atoms. The lowest BCUT2D eigenvalue weighted by atomic mass is 9.86. The molecule has 0 radical (unpaired) electrons. The quantitative estimate of drug-likeness (QED) is 0.681. The molecule has 1 aliphatic rings. The number of nitrogens with one attached hydrogen (secondary N) is 1. The Balaban J connectivity index is 1.77. The second-order valence-corrected chi connectivity index (χ2v) is 7.99. The van der Waals surface area contributed by atoms with Crippen molar-refractivity contribution < 1.29 is 19.1 Å². The largest absolute Gasteiger partial charge is 0.484 e. The van der Waals surface area contributed by atoms with Crippen molar-refractivity contribution in [2.75, 3.05) is 18.5 Å². The van der Waals surface area contributed by atoms with Crippen molar-refractivity contribution in [1.29, 1.82) is 0 Å². The van der Waals surface area contributed by atoms with E-state index in [9.17, 15) is 9.59 Å². The van der Waals surface area contributed by atoms with E-state index < -0.39 is 0 Å². The number of hydrogen-bond acceptors (Lipinski definition) is 5. The molecule has 1 N–H and O–H groups in total. The standard InChI is InChI=1S/C20H22ClNO4S/c1-3-25-20(24)18-17-12(2)6-4-9-15(17)27-19(18)22-16(23)11-26-14-8-5-7-13(21)10-14/h5,7-8,10,12H,3-4,6,9,11H2,1-2H3,(H,22,23). The van der Waals surface area contributed by atoms with Crippen LogP contribution >= 0.6 is 22.9 Å². The molecule has 0 aliphatic heterocycles. The Morgan fingerprint density at radius 2 is 2.19 bits per heavy atom. The van der Waals surface area contributed by atoms with Crippen LogP contribution in [0.25, 0.3) is 0 Å². The molecule has 7 heteroatoms. The van der Waals surface area contributed by atoms with Gasteiger partial charge in [-0.2, -0.15) is 0 Å². The van der Waals surface area contributed by atoms with Crippen LogP contribution < -0.4 is 10.1 Å². The van der Waals surface area contributed by atoms with Crippen LogP contribution in [-0.2, 0) is 16.0 Å². The fourth-order valence-electron chi connectivity index (χ4n) is 3.27. The first-order valence-corrected chi connectivity index (χ1v) is 10.2. The number of amides is 1. The molecule has 0 fully saturated rings. The van der Waals surface area contributed by atoms with Crippen molar-refractivity contribution in [3.8, 4) is 5.75 Å². The average Bonchev–Trinajstić information content (AvgIpc) is 2.99. The molecule has 1 aromatic carbocycles. The van der Waals surface area contributed by atoms with Crippen LogP contribution in [0, 0.1) is 0 Å². The van der Waals surface area contributed by atoms with Gasteiger partial charge < -0.3 is 14.8 Å². The zero-order valence-electron chi connectivity index (χ0n) is 15.3. The number of carbonyl (C=O) groups excluding carboxylic acids is 2. The summed E-state index contributed by atoms with van der Waals surface area (Å²) < 4.78 is 10.7. The molecule has 0 bridgehead atoms. The molecule has 0 saturated heterocycles. The summed E-state index contributed by atoms with van der Waals surface area (Å²) in [6, 6.07) is 6.86. The predicted molar refractivity (Wildman–Crippen MR) is 107 cm³/mol. The zero-order valence-corrected chi connectivity index (χ0v) is 16.9. The SMILES string of the molecule is CCOC(=O)c1c(NC(=O)COc2cccc(Cl)c2)sc2c1C(C)CCC2. The van der Waals surface area contributed by atoms with Gasteiger partial charge in [0.25, 0.3) is 5.91 Å². The van der Waals surface area contributed by atoms with Gasteiger partial charge in [0.1, 0.15) is 10.8 Å². The number of aryl methyl sites for hydroxylation is 1. The molecule has 1 heterocycles. The van der Waals surface area contributed by atoms with Crippen molar-refractivity contribution >= 4 is 39.8 Å². The Hall–Kier alpha value is -2.05. The Bertz CT molecular complexity index is 849. The number of halogens is 1. The first-order chi connectivity index (χ1) is 13.0. The second-order valence-electron chi connectivity index (χ2n) is 6.45. The van der Waals surface area contributed by atoms with Crippen LogP contribution in [-0.4, -0.2) is 25.1 Å². The molecule has 5 nitrogen and oxygen atoms in total. The molecule has 1 unspecified atom stereocenters. The van der Waals surface area contributed by atoms with Gasteiger partial charge in [0, 0.05) is 9.90 Å². The van der Waals surface area contributed by atoms with E-state index in [1.165, 1.54) is 11.3 Å². The van der Waals surface area contributed by atoms with E-state index >= 15 is 0 Å². The van der Waals surface area contributed by atoms with Crippen LogP contribution in [0.15, 0.2) is 24.3 Å². The maximum Gasteiger partial charge on any atom is 0.341 e. The van der Waals surface area contributed by atoms with Gasteiger partial charge in [0.05, 0.1) is 12.2 Å². The van der Waals surface area contributed by atoms with Crippen LogP contribution in [0.5, 0.6) is 5.75 Å². The van der Waals surface area contributed by atoms with E-state index in [4.69, 9.17) is 21.1 Å². The Kier molecular flexibility index (Phi) is 6.39. The number of rotatable bonds is 6. The fourth-order valence-corrected chi connectivity index (χ4v) is 4.82. The molecule has 3 rings (SSSR count). The van der Waals surface area contributed by atoms with Crippen LogP contribution in [0.4, 0.5) is 5.00 Å². The Morgan fingerprint density at radius 3 is 2.93 bits per heavy atom. The van der Waals surface area contributed by atoms with E-state index in [1.807, 2.05) is 0 Å². The maximum absolute atomic E-state index is 12.5. The van der Waals surface area contributed by atoms with Crippen molar-refractivity contribution in [3.63, 3.8) is 0 Å². The highest BCUT2D eigenvalue weighted by Crippen LogP contribution is 2.43. The van der Waals surface area contributed by atoms with E-state index in [0.717, 1.165) is 29.7 Å². The minimum atomic E-state index is -0.380. The first kappa shape index (κ1) is 19.7. The molecule has 0 saturated carbocycles. The highest BCUT2D eigenvalue weighted by Gasteiger charge is 2.30. The Labute approximate surface area is 167 Å². The van der Waals surface area contributed by atoms with Gasteiger partial charge in [-0.3, -0.25) is 4.79 Å². The van der Waals surface area contributed by atoms with Crippen molar-refractivity contribution in [3.05, 3.63) is 45.3 Å². The second kappa shape index (κ2) is 8.76. The Morgan fingerprint density at radius 1 is 1.37 bits per heavy atom. The molecule has 144 valence electrons. The summed E-state index contributed by atoms with van der Waals surface area (Å²) in [6.45, 7) is 4.02. The van der Waals surface area contributed by atoms with Gasteiger partial charge in [-0.05, 0) is 55.9 Å². The zero-order chi connectivity index (χ0) is 19.4. The van der Waals surface area contributed by atoms with Crippen LogP contribution in [0.3, 0.4) is 0 Å². The van der Waals surface area contributed by atoms with Crippen LogP contribution in [0.1, 0.15) is 53.4 Å². The lowest BCUT2D eigenvalue weighted by molar-refractivity contribution is -0.118. The first-order valence-electron chi connectivity index (χ1n) is 9.00. The minimum absolute atomic E-state index is 0.166. The number of carbonyl (C=O) groups is 2. The summed E-state index contributed by atoms with van der Waals surface area (Å²) in [5.41, 5.74) is 1.52. The highest BCUT2D eigenvalue weighted by atomic mass is 35.5. The molecular weight excluding hydrogens is 386 g/mol. The fraction of sp³-hybridized carbons (Fsp3) is 0.400. The third-order valence-corrected chi connectivity index (χ3v) is 5.87. The van der Waals surface area contributed by atoms with E-state index in [-0.39, 0.29) is 24.4 Å². The number of hydrogen-bond donors (Lipinski definition) is 1. The number of esters is 1. The maximum atomic E-state index is 12.5. The van der Waals surface area contributed by atoms with Gasteiger partial charge in [-0.1, -0.05) is 24.6 Å². The third kappa shape index (κ3) is 4.62. The van der Waals surface area contributed by atoms with Gasteiger partial charge in [0.15, 0.2) is 6.61 Å². The van der Waals surface area contributed by atoms with Gasteiger partial charge in [-0.15, -0.1) is 11.3 Å². The highest BCUT2D eigenvalue weighted by molar-refractivity contribution is 7.17. The summed E-state index contributed by atoms with van der Waals surface area (Å²) in [4.78, 5) is 26.1. The number of thiophene rings is 1. The van der Waals surface area contributed by atoms with Crippen molar-refractivity contribution in [1.82, 2.24) is 0 Å². The van der Waals surface area contributed by atoms with Gasteiger partial charge in [0.2, 0.25) is 0 Å². The summed E-state index contributed by atoms with van der Waals surface area (Å²) in [7, 11) is 0. The summed E-state index contributed by atoms with van der Waals surface area (Å²) in [6.07, 6.45) is 3.04. The molecule has 1 amide bonds. The summed E-state index contributed by atoms with van der Waals surface area (Å²) >= 11 is 7.38. The topological polar surface area (TPSA) is 64.6 Å². The molecule has 1 atom stereocenters. The molecule has 2 aromatic rings. The summed E-state index contributed by atoms with van der Waals surface area (Å²) in [5.74, 6) is 0.0849. The van der Waals surface area contributed by atoms with Crippen LogP contribution in [0.2, 0.25) is 5.02 Å². The average molecular weight is 408 g/mol. The normalized spacial score (nSPS) is 15.7. The van der Waals surface area contributed by atoms with E-state index in [1.54, 1.807) is 31.2 Å². The number of benzene rings is 1. The van der Waals surface area contributed by atoms with Gasteiger partial charge in [-0.25, -0.2) is 4.79 Å². The number of fused-ring (bicyclic) bond motifs is 1. The van der Waals surface area contributed by atoms with E-state index in [0.29, 0.717) is 27.9 Å². The summed E-state index contributed by atoms with van der Waals surface area (Å²) in [5, 5.41) is 3.92. The molecule has 1 aliphatic carbocycles.